The van der Waals surface area contributed by atoms with Crippen molar-refractivity contribution in [2.75, 3.05) is 18.2 Å². The number of benzene rings is 1. The lowest BCUT2D eigenvalue weighted by Crippen LogP contribution is -2.10. The fourth-order valence-corrected chi connectivity index (χ4v) is 2.49. The predicted octanol–water partition coefficient (Wildman–Crippen LogP) is 2.63. The number of nitrogens with two attached hydrogens (primary N) is 1. The molecule has 1 aromatic heterocycles. The molecule has 0 spiro atoms. The molecule has 96 valence electrons. The van der Waals surface area contributed by atoms with Crippen LogP contribution in [0.25, 0.3) is 10.2 Å². The zero-order chi connectivity index (χ0) is 13.1. The monoisotopic (exact) mass is 265 g/mol. The Morgan fingerprint density at radius 1 is 1.56 bits per heavy atom. The summed E-state index contributed by atoms with van der Waals surface area (Å²) in [6.45, 7) is 1.97. The van der Waals surface area contributed by atoms with E-state index < -0.39 is 0 Å². The van der Waals surface area contributed by atoms with Gasteiger partial charge in [-0.25, -0.2) is 4.98 Å². The molecule has 0 aliphatic rings. The van der Waals surface area contributed by atoms with Gasteiger partial charge in [0.1, 0.15) is 11.3 Å². The number of nitrogens with zero attached hydrogens (tertiary/aromatic N) is 1. The van der Waals surface area contributed by atoms with E-state index in [-0.39, 0.29) is 5.91 Å². The maximum Gasteiger partial charge on any atom is 0.224 e. The lowest BCUT2D eigenvalue weighted by Gasteiger charge is -2.07. The molecule has 5 nitrogen and oxygen atoms in total. The summed E-state index contributed by atoms with van der Waals surface area (Å²) in [7, 11) is 1.57. The van der Waals surface area contributed by atoms with Gasteiger partial charge in [0.25, 0.3) is 0 Å². The Kier molecular flexibility index (Phi) is 3.66. The summed E-state index contributed by atoms with van der Waals surface area (Å²) in [5.74, 6) is 0.614. The summed E-state index contributed by atoms with van der Waals surface area (Å²) in [5, 5.41) is 3.32. The van der Waals surface area contributed by atoms with E-state index in [1.807, 2.05) is 13.0 Å². The molecular weight excluding hydrogens is 250 g/mol. The number of aromatic nitrogens is 1. The van der Waals surface area contributed by atoms with Crippen molar-refractivity contribution in [2.24, 2.45) is 0 Å². The number of nitrogens with one attached hydrogen (secondary N) is 1. The second kappa shape index (κ2) is 5.22. The zero-order valence-electron chi connectivity index (χ0n) is 10.3. The van der Waals surface area contributed by atoms with E-state index in [1.54, 1.807) is 13.2 Å². The Labute approximate surface area is 109 Å². The molecule has 1 aromatic carbocycles. The fraction of sp³-hybridized carbons (Fsp3) is 0.333. The highest BCUT2D eigenvalue weighted by Crippen LogP contribution is 2.34. The van der Waals surface area contributed by atoms with Crippen LogP contribution in [-0.2, 0) is 4.79 Å². The summed E-state index contributed by atoms with van der Waals surface area (Å²) in [6, 6.07) is 3.62. The van der Waals surface area contributed by atoms with Crippen molar-refractivity contribution in [1.82, 2.24) is 4.98 Å². The van der Waals surface area contributed by atoms with Crippen LogP contribution in [0.1, 0.15) is 19.8 Å². The second-order valence-electron chi connectivity index (χ2n) is 3.88. The van der Waals surface area contributed by atoms with Crippen LogP contribution >= 0.6 is 11.3 Å². The molecule has 0 bridgehead atoms. The number of methoxy groups -OCH3 is 1. The molecule has 3 N–H and O–H groups in total. The number of hydrogen-bond acceptors (Lipinski definition) is 5. The third-order valence-electron chi connectivity index (χ3n) is 2.46. The number of ether oxygens (including phenoxy) is 1. The molecule has 0 atom stereocenters. The van der Waals surface area contributed by atoms with Crippen LogP contribution in [0.15, 0.2) is 12.1 Å². The largest absolute Gasteiger partial charge is 0.494 e. The molecule has 0 unspecified atom stereocenters. The minimum atomic E-state index is -0.00334. The average Bonchev–Trinajstić information content (AvgIpc) is 2.68. The standard InChI is InChI=1S/C12H15N3O2S/c1-3-4-10(16)14-7-5-8(17-2)11-9(6-7)18-12(13)15-11/h5-6H,3-4H2,1-2H3,(H2,13,15)(H,14,16). The number of thiazole rings is 1. The number of anilines is 2. The Morgan fingerprint density at radius 3 is 3.00 bits per heavy atom. The summed E-state index contributed by atoms with van der Waals surface area (Å²) < 4.78 is 6.16. The van der Waals surface area contributed by atoms with Crippen molar-refractivity contribution in [2.45, 2.75) is 19.8 Å². The molecule has 0 fully saturated rings. The zero-order valence-corrected chi connectivity index (χ0v) is 11.1. The lowest BCUT2D eigenvalue weighted by molar-refractivity contribution is -0.116. The van der Waals surface area contributed by atoms with Crippen LogP contribution in [0.3, 0.4) is 0 Å². The molecule has 0 radical (unpaired) electrons. The first-order valence-electron chi connectivity index (χ1n) is 5.68. The predicted molar refractivity (Wildman–Crippen MR) is 74.1 cm³/mol. The van der Waals surface area contributed by atoms with Gasteiger partial charge in [-0.3, -0.25) is 4.79 Å². The van der Waals surface area contributed by atoms with Gasteiger partial charge >= 0.3 is 0 Å². The molecule has 1 amide bonds. The van der Waals surface area contributed by atoms with Crippen molar-refractivity contribution in [1.29, 1.82) is 0 Å². The van der Waals surface area contributed by atoms with E-state index in [2.05, 4.69) is 10.3 Å². The van der Waals surface area contributed by atoms with E-state index in [9.17, 15) is 4.79 Å². The number of carbonyl (C=O) groups is 1. The minimum Gasteiger partial charge on any atom is -0.494 e. The van der Waals surface area contributed by atoms with Crippen molar-refractivity contribution < 1.29 is 9.53 Å². The first-order chi connectivity index (χ1) is 8.63. The van der Waals surface area contributed by atoms with Gasteiger partial charge in [-0.15, -0.1) is 0 Å². The molecule has 1 heterocycles. The first kappa shape index (κ1) is 12.6. The summed E-state index contributed by atoms with van der Waals surface area (Å²) >= 11 is 1.37. The highest BCUT2D eigenvalue weighted by molar-refractivity contribution is 7.22. The smallest absolute Gasteiger partial charge is 0.224 e. The van der Waals surface area contributed by atoms with Crippen molar-refractivity contribution in [3.05, 3.63) is 12.1 Å². The van der Waals surface area contributed by atoms with Crippen LogP contribution in [0.5, 0.6) is 5.75 Å². The Bertz CT molecular complexity index is 580. The van der Waals surface area contributed by atoms with E-state index in [0.29, 0.717) is 23.0 Å². The SMILES string of the molecule is CCCC(=O)Nc1cc(OC)c2nc(N)sc2c1. The van der Waals surface area contributed by atoms with Gasteiger partial charge in [0.05, 0.1) is 11.8 Å². The molecule has 2 aromatic rings. The molecule has 2 rings (SSSR count). The maximum absolute atomic E-state index is 11.6. The highest BCUT2D eigenvalue weighted by atomic mass is 32.1. The van der Waals surface area contributed by atoms with Gasteiger partial charge in [0.15, 0.2) is 5.13 Å². The first-order valence-corrected chi connectivity index (χ1v) is 6.49. The quantitative estimate of drug-likeness (QED) is 0.890. The maximum atomic E-state index is 11.6. The Balaban J connectivity index is 2.37. The van der Waals surface area contributed by atoms with Gasteiger partial charge in [0.2, 0.25) is 5.91 Å². The van der Waals surface area contributed by atoms with Gasteiger partial charge in [-0.1, -0.05) is 18.3 Å². The van der Waals surface area contributed by atoms with Crippen molar-refractivity contribution in [3.8, 4) is 5.75 Å². The topological polar surface area (TPSA) is 77.2 Å². The number of nitrogen functional groups attached to an aromatic ring is 1. The van der Waals surface area contributed by atoms with E-state index in [0.717, 1.165) is 16.6 Å². The van der Waals surface area contributed by atoms with Crippen molar-refractivity contribution in [3.63, 3.8) is 0 Å². The van der Waals surface area contributed by atoms with Gasteiger partial charge in [-0.05, 0) is 12.5 Å². The Morgan fingerprint density at radius 2 is 2.33 bits per heavy atom. The summed E-state index contributed by atoms with van der Waals surface area (Å²) in [6.07, 6.45) is 1.32. The number of rotatable bonds is 4. The van der Waals surface area contributed by atoms with Crippen LogP contribution in [0, 0.1) is 0 Å². The number of carbonyl (C=O) groups excluding carboxylic acids is 1. The number of fused-ring (bicyclic) bond motifs is 1. The third kappa shape index (κ3) is 2.53. The fourth-order valence-electron chi connectivity index (χ4n) is 1.69. The van der Waals surface area contributed by atoms with Crippen LogP contribution in [0.2, 0.25) is 0 Å². The highest BCUT2D eigenvalue weighted by Gasteiger charge is 2.11. The van der Waals surface area contributed by atoms with E-state index in [4.69, 9.17) is 10.5 Å². The number of amides is 1. The lowest BCUT2D eigenvalue weighted by atomic mass is 10.2. The Hall–Kier alpha value is -1.82. The van der Waals surface area contributed by atoms with E-state index >= 15 is 0 Å². The summed E-state index contributed by atoms with van der Waals surface area (Å²) in [5.41, 5.74) is 7.12. The molecule has 0 aliphatic heterocycles. The molecular formula is C12H15N3O2S. The van der Waals surface area contributed by atoms with Crippen LogP contribution < -0.4 is 15.8 Å². The summed E-state index contributed by atoms with van der Waals surface area (Å²) in [4.78, 5) is 15.8. The van der Waals surface area contributed by atoms with Gasteiger partial charge in [0, 0.05) is 18.2 Å². The normalized spacial score (nSPS) is 10.6. The molecule has 0 aliphatic carbocycles. The average molecular weight is 265 g/mol. The van der Waals surface area contributed by atoms with E-state index in [1.165, 1.54) is 11.3 Å². The molecule has 0 saturated carbocycles. The van der Waals surface area contributed by atoms with Gasteiger partial charge < -0.3 is 15.8 Å². The minimum absolute atomic E-state index is 0.00334. The third-order valence-corrected chi connectivity index (χ3v) is 3.29. The molecule has 18 heavy (non-hydrogen) atoms. The number of hydrogen-bond donors (Lipinski definition) is 2. The van der Waals surface area contributed by atoms with Crippen LogP contribution in [0.4, 0.5) is 10.8 Å². The van der Waals surface area contributed by atoms with Gasteiger partial charge in [-0.2, -0.15) is 0 Å². The van der Waals surface area contributed by atoms with Crippen LogP contribution in [-0.4, -0.2) is 18.0 Å². The molecule has 0 saturated heterocycles. The van der Waals surface area contributed by atoms with Crippen molar-refractivity contribution >= 4 is 38.3 Å². The molecule has 6 heteroatoms. The second-order valence-corrected chi connectivity index (χ2v) is 4.94.